The van der Waals surface area contributed by atoms with E-state index in [1.54, 1.807) is 0 Å². The molecular formula is C9H16N2. The average Bonchev–Trinajstić information content (AvgIpc) is 2.05. The minimum absolute atomic E-state index is 0.309. The molecule has 0 spiro atoms. The van der Waals surface area contributed by atoms with Gasteiger partial charge in [-0.3, -0.25) is 4.90 Å². The van der Waals surface area contributed by atoms with Crippen molar-refractivity contribution in [2.24, 2.45) is 0 Å². The lowest BCUT2D eigenvalue weighted by molar-refractivity contribution is 0.139. The Bertz CT molecular complexity index is 151. The van der Waals surface area contributed by atoms with Crippen LogP contribution in [0.5, 0.6) is 0 Å². The Morgan fingerprint density at radius 2 is 1.82 bits per heavy atom. The van der Waals surface area contributed by atoms with E-state index in [-0.39, 0.29) is 0 Å². The zero-order valence-corrected chi connectivity index (χ0v) is 7.38. The molecule has 2 nitrogen and oxygen atoms in total. The van der Waals surface area contributed by atoms with E-state index in [2.05, 4.69) is 29.7 Å². The fraction of sp³-hybridized carbons (Fsp3) is 0.778. The van der Waals surface area contributed by atoms with E-state index in [0.29, 0.717) is 6.04 Å². The Morgan fingerprint density at radius 1 is 1.27 bits per heavy atom. The van der Waals surface area contributed by atoms with E-state index in [4.69, 9.17) is 6.42 Å². The molecule has 62 valence electrons. The van der Waals surface area contributed by atoms with Crippen LogP contribution in [0.1, 0.15) is 6.92 Å². The molecule has 1 unspecified atom stereocenters. The molecule has 0 saturated carbocycles. The maximum absolute atomic E-state index is 5.33. The summed E-state index contributed by atoms with van der Waals surface area (Å²) < 4.78 is 0. The third kappa shape index (κ3) is 2.21. The topological polar surface area (TPSA) is 6.48 Å². The van der Waals surface area contributed by atoms with E-state index >= 15 is 0 Å². The van der Waals surface area contributed by atoms with Crippen LogP contribution in [0.3, 0.4) is 0 Å². The van der Waals surface area contributed by atoms with Crippen molar-refractivity contribution < 1.29 is 0 Å². The van der Waals surface area contributed by atoms with Crippen LogP contribution in [0.25, 0.3) is 0 Å². The van der Waals surface area contributed by atoms with Gasteiger partial charge in [-0.2, -0.15) is 0 Å². The Morgan fingerprint density at radius 3 is 2.27 bits per heavy atom. The highest BCUT2D eigenvalue weighted by atomic mass is 15.3. The summed E-state index contributed by atoms with van der Waals surface area (Å²) in [5, 5.41) is 0. The van der Waals surface area contributed by atoms with E-state index < -0.39 is 0 Å². The molecule has 1 rings (SSSR count). The first-order valence-corrected chi connectivity index (χ1v) is 4.13. The molecule has 0 aliphatic carbocycles. The summed E-state index contributed by atoms with van der Waals surface area (Å²) in [7, 11) is 2.15. The van der Waals surface area contributed by atoms with Gasteiger partial charge in [-0.1, -0.05) is 5.92 Å². The maximum Gasteiger partial charge on any atom is 0.0684 e. The van der Waals surface area contributed by atoms with Crippen LogP contribution in [-0.4, -0.2) is 49.1 Å². The fourth-order valence-electron chi connectivity index (χ4n) is 1.31. The maximum atomic E-state index is 5.33. The number of piperazine rings is 1. The summed E-state index contributed by atoms with van der Waals surface area (Å²) in [6, 6.07) is 0.309. The molecule has 1 fully saturated rings. The minimum Gasteiger partial charge on any atom is -0.304 e. The van der Waals surface area contributed by atoms with Crippen molar-refractivity contribution in [3.8, 4) is 12.3 Å². The Hall–Kier alpha value is -0.520. The van der Waals surface area contributed by atoms with Crippen LogP contribution in [0.2, 0.25) is 0 Å². The van der Waals surface area contributed by atoms with Crippen LogP contribution < -0.4 is 0 Å². The Kier molecular flexibility index (Phi) is 2.92. The molecule has 11 heavy (non-hydrogen) atoms. The predicted octanol–water partition coefficient (Wildman–Crippen LogP) is 0.256. The number of hydrogen-bond donors (Lipinski definition) is 0. The summed E-state index contributed by atoms with van der Waals surface area (Å²) >= 11 is 0. The molecule has 0 N–H and O–H groups in total. The summed E-state index contributed by atoms with van der Waals surface area (Å²) in [6.45, 7) is 6.60. The van der Waals surface area contributed by atoms with Gasteiger partial charge in [0.05, 0.1) is 6.04 Å². The van der Waals surface area contributed by atoms with Crippen molar-refractivity contribution >= 4 is 0 Å². The van der Waals surface area contributed by atoms with Crippen molar-refractivity contribution in [2.45, 2.75) is 13.0 Å². The number of nitrogens with zero attached hydrogens (tertiary/aromatic N) is 2. The molecule has 0 aromatic heterocycles. The second-order valence-corrected chi connectivity index (χ2v) is 3.18. The highest BCUT2D eigenvalue weighted by molar-refractivity contribution is 4.98. The van der Waals surface area contributed by atoms with Gasteiger partial charge in [0.2, 0.25) is 0 Å². The molecule has 0 aromatic carbocycles. The van der Waals surface area contributed by atoms with Gasteiger partial charge in [-0.25, -0.2) is 0 Å². The minimum atomic E-state index is 0.309. The second-order valence-electron chi connectivity index (χ2n) is 3.18. The van der Waals surface area contributed by atoms with Crippen molar-refractivity contribution in [1.82, 2.24) is 9.80 Å². The zero-order chi connectivity index (χ0) is 8.27. The summed E-state index contributed by atoms with van der Waals surface area (Å²) in [5.41, 5.74) is 0. The summed E-state index contributed by atoms with van der Waals surface area (Å²) in [6.07, 6.45) is 5.33. The van der Waals surface area contributed by atoms with Gasteiger partial charge in [-0.05, 0) is 14.0 Å². The Balaban J connectivity index is 2.34. The SMILES string of the molecule is C#CC(C)N1CCN(C)CC1. The lowest BCUT2D eigenvalue weighted by Gasteiger charge is -2.34. The van der Waals surface area contributed by atoms with E-state index in [1.807, 2.05) is 0 Å². The van der Waals surface area contributed by atoms with Crippen molar-refractivity contribution in [3.05, 3.63) is 0 Å². The molecule has 0 radical (unpaired) electrons. The van der Waals surface area contributed by atoms with Crippen molar-refractivity contribution in [3.63, 3.8) is 0 Å². The van der Waals surface area contributed by atoms with Crippen molar-refractivity contribution in [2.75, 3.05) is 33.2 Å². The molecule has 1 aliphatic heterocycles. The summed E-state index contributed by atoms with van der Waals surface area (Å²) in [5.74, 6) is 2.76. The molecule has 1 heterocycles. The van der Waals surface area contributed by atoms with Crippen LogP contribution in [0, 0.1) is 12.3 Å². The molecule has 1 atom stereocenters. The summed E-state index contributed by atoms with van der Waals surface area (Å²) in [4.78, 5) is 4.68. The predicted molar refractivity (Wildman–Crippen MR) is 47.4 cm³/mol. The molecule has 1 saturated heterocycles. The van der Waals surface area contributed by atoms with Gasteiger partial charge in [0.15, 0.2) is 0 Å². The number of rotatable bonds is 1. The largest absolute Gasteiger partial charge is 0.304 e. The van der Waals surface area contributed by atoms with Gasteiger partial charge < -0.3 is 4.90 Å². The van der Waals surface area contributed by atoms with E-state index in [1.165, 1.54) is 0 Å². The van der Waals surface area contributed by atoms with Gasteiger partial charge >= 0.3 is 0 Å². The lowest BCUT2D eigenvalue weighted by atomic mass is 10.2. The van der Waals surface area contributed by atoms with Gasteiger partial charge in [-0.15, -0.1) is 6.42 Å². The standard InChI is InChI=1S/C9H16N2/c1-4-9(2)11-7-5-10(3)6-8-11/h1,9H,5-8H2,2-3H3. The highest BCUT2D eigenvalue weighted by Crippen LogP contribution is 2.03. The number of hydrogen-bond acceptors (Lipinski definition) is 2. The van der Waals surface area contributed by atoms with Crippen LogP contribution in [-0.2, 0) is 0 Å². The van der Waals surface area contributed by atoms with E-state index in [9.17, 15) is 0 Å². The van der Waals surface area contributed by atoms with Crippen LogP contribution >= 0.6 is 0 Å². The molecule has 1 aliphatic rings. The number of terminal acetylenes is 1. The molecular weight excluding hydrogens is 136 g/mol. The molecule has 2 heteroatoms. The zero-order valence-electron chi connectivity index (χ0n) is 7.38. The van der Waals surface area contributed by atoms with Crippen molar-refractivity contribution in [1.29, 1.82) is 0 Å². The van der Waals surface area contributed by atoms with Crippen LogP contribution in [0.15, 0.2) is 0 Å². The normalized spacial score (nSPS) is 24.5. The first-order chi connectivity index (χ1) is 5.24. The van der Waals surface area contributed by atoms with Gasteiger partial charge in [0, 0.05) is 26.2 Å². The fourth-order valence-corrected chi connectivity index (χ4v) is 1.31. The lowest BCUT2D eigenvalue weighted by Crippen LogP contribution is -2.47. The Labute approximate surface area is 69.2 Å². The van der Waals surface area contributed by atoms with E-state index in [0.717, 1.165) is 26.2 Å². The quantitative estimate of drug-likeness (QED) is 0.497. The third-order valence-electron chi connectivity index (χ3n) is 2.33. The van der Waals surface area contributed by atoms with Gasteiger partial charge in [0.1, 0.15) is 0 Å². The van der Waals surface area contributed by atoms with Crippen LogP contribution in [0.4, 0.5) is 0 Å². The highest BCUT2D eigenvalue weighted by Gasteiger charge is 2.16. The molecule has 0 aromatic rings. The number of likely N-dealkylation sites (N-methyl/N-ethyl adjacent to an activating group) is 1. The third-order valence-corrected chi connectivity index (χ3v) is 2.33. The first kappa shape index (κ1) is 8.58. The molecule has 0 bridgehead atoms. The second kappa shape index (κ2) is 3.75. The first-order valence-electron chi connectivity index (χ1n) is 4.13. The molecule has 0 amide bonds. The van der Waals surface area contributed by atoms with Gasteiger partial charge in [0.25, 0.3) is 0 Å². The monoisotopic (exact) mass is 152 g/mol. The smallest absolute Gasteiger partial charge is 0.0684 e. The average molecular weight is 152 g/mol.